The van der Waals surface area contributed by atoms with Gasteiger partial charge in [-0.2, -0.15) is 0 Å². The van der Waals surface area contributed by atoms with Gasteiger partial charge < -0.3 is 9.47 Å². The van der Waals surface area contributed by atoms with Gasteiger partial charge in [0, 0.05) is 42.8 Å². The van der Waals surface area contributed by atoms with E-state index < -0.39 is 0 Å². The fourth-order valence-corrected chi connectivity index (χ4v) is 3.17. The van der Waals surface area contributed by atoms with Gasteiger partial charge in [0.2, 0.25) is 0 Å². The highest BCUT2D eigenvalue weighted by Crippen LogP contribution is 2.16. The molecule has 2 aromatic heterocycles. The number of hydrogen-bond acceptors (Lipinski definition) is 4. The summed E-state index contributed by atoms with van der Waals surface area (Å²) in [6.07, 6.45) is 5.37. The minimum Gasteiger partial charge on any atom is -0.353 e. The minimum atomic E-state index is -0.0976. The zero-order chi connectivity index (χ0) is 20.3. The first-order chi connectivity index (χ1) is 14.3. The molecule has 0 saturated heterocycles. The van der Waals surface area contributed by atoms with Crippen molar-refractivity contribution in [2.75, 3.05) is 13.2 Å². The smallest absolute Gasteiger partial charge is 0.157 e. The van der Waals surface area contributed by atoms with E-state index in [1.165, 1.54) is 16.3 Å². The van der Waals surface area contributed by atoms with E-state index in [0.717, 1.165) is 23.9 Å². The van der Waals surface area contributed by atoms with Crippen LogP contribution in [0.25, 0.3) is 21.8 Å². The first-order valence-electron chi connectivity index (χ1n) is 10.2. The van der Waals surface area contributed by atoms with Crippen molar-refractivity contribution in [3.8, 4) is 0 Å². The van der Waals surface area contributed by atoms with Crippen LogP contribution in [0, 0.1) is 0 Å². The van der Waals surface area contributed by atoms with Gasteiger partial charge in [-0.1, -0.05) is 36.4 Å². The molecule has 4 heteroatoms. The molecule has 4 rings (SSSR count). The van der Waals surface area contributed by atoms with Crippen LogP contribution in [-0.2, 0) is 15.9 Å². The van der Waals surface area contributed by atoms with Crippen LogP contribution < -0.4 is 0 Å². The number of benzene rings is 2. The first kappa shape index (κ1) is 20.9. The molecule has 2 heterocycles. The second kappa shape index (κ2) is 11.2. The second-order valence-electron chi connectivity index (χ2n) is 6.61. The van der Waals surface area contributed by atoms with Gasteiger partial charge in [-0.3, -0.25) is 9.97 Å². The minimum absolute atomic E-state index is 0.0976. The summed E-state index contributed by atoms with van der Waals surface area (Å²) >= 11 is 0. The van der Waals surface area contributed by atoms with Gasteiger partial charge in [0.15, 0.2) is 6.29 Å². The number of nitrogens with zero attached hydrogens (tertiary/aromatic N) is 2. The maximum absolute atomic E-state index is 5.56. The quantitative estimate of drug-likeness (QED) is 0.375. The molecule has 4 nitrogen and oxygen atoms in total. The number of pyridine rings is 2. The van der Waals surface area contributed by atoms with E-state index in [1.807, 2.05) is 56.6 Å². The second-order valence-corrected chi connectivity index (χ2v) is 6.61. The van der Waals surface area contributed by atoms with E-state index in [9.17, 15) is 0 Å². The summed E-state index contributed by atoms with van der Waals surface area (Å²) in [6, 6.07) is 22.5. The van der Waals surface area contributed by atoms with E-state index in [-0.39, 0.29) is 6.29 Å². The number of aromatic nitrogens is 2. The Balaban J connectivity index is 0.000000200. The van der Waals surface area contributed by atoms with Crippen molar-refractivity contribution in [3.05, 3.63) is 84.7 Å². The molecule has 0 unspecified atom stereocenters. The number of ether oxygens (including phenoxy) is 2. The Kier molecular flexibility index (Phi) is 8.11. The molecule has 0 radical (unpaired) electrons. The molecule has 0 amide bonds. The number of hydrogen-bond donors (Lipinski definition) is 0. The monoisotopic (exact) mass is 388 g/mol. The summed E-state index contributed by atoms with van der Waals surface area (Å²) in [6.45, 7) is 5.36. The van der Waals surface area contributed by atoms with Crippen LogP contribution in [0.5, 0.6) is 0 Å². The van der Waals surface area contributed by atoms with E-state index >= 15 is 0 Å². The third kappa shape index (κ3) is 6.34. The summed E-state index contributed by atoms with van der Waals surface area (Å²) in [7, 11) is 0. The molecule has 0 bridgehead atoms. The fraction of sp³-hybridized carbons (Fsp3) is 0.280. The molecular formula is C25H28N2O2. The van der Waals surface area contributed by atoms with Crippen LogP contribution in [0.15, 0.2) is 79.1 Å². The molecule has 150 valence electrons. The van der Waals surface area contributed by atoms with Gasteiger partial charge in [0.05, 0.1) is 11.0 Å². The zero-order valence-corrected chi connectivity index (χ0v) is 17.1. The third-order valence-corrected chi connectivity index (χ3v) is 4.55. The van der Waals surface area contributed by atoms with E-state index in [2.05, 4.69) is 46.4 Å². The highest BCUT2D eigenvalue weighted by molar-refractivity contribution is 5.79. The molecule has 0 saturated carbocycles. The highest BCUT2D eigenvalue weighted by Gasteiger charge is 2.08. The first-order valence-corrected chi connectivity index (χ1v) is 10.2. The predicted molar refractivity (Wildman–Crippen MR) is 119 cm³/mol. The summed E-state index contributed by atoms with van der Waals surface area (Å²) in [5.74, 6) is 0. The molecule has 0 atom stereocenters. The summed E-state index contributed by atoms with van der Waals surface area (Å²) in [5.41, 5.74) is 3.40. The molecule has 2 aromatic carbocycles. The van der Waals surface area contributed by atoms with Crippen LogP contribution in [0.2, 0.25) is 0 Å². The Morgan fingerprint density at radius 3 is 2.03 bits per heavy atom. The van der Waals surface area contributed by atoms with Gasteiger partial charge in [-0.25, -0.2) is 0 Å². The summed E-state index contributed by atoms with van der Waals surface area (Å²) in [5, 5.41) is 2.38. The number of fused-ring (bicyclic) bond motifs is 2. The molecule has 0 spiro atoms. The van der Waals surface area contributed by atoms with Crippen molar-refractivity contribution < 1.29 is 9.47 Å². The Bertz CT molecular complexity index is 948. The van der Waals surface area contributed by atoms with Crippen LogP contribution in [-0.4, -0.2) is 29.5 Å². The average molecular weight is 389 g/mol. The maximum atomic E-state index is 5.56. The highest BCUT2D eigenvalue weighted by atomic mass is 16.7. The van der Waals surface area contributed by atoms with E-state index in [0.29, 0.717) is 13.2 Å². The van der Waals surface area contributed by atoms with Crippen molar-refractivity contribution in [2.24, 2.45) is 0 Å². The zero-order valence-electron chi connectivity index (χ0n) is 17.1. The summed E-state index contributed by atoms with van der Waals surface area (Å²) in [4.78, 5) is 8.51. The number of rotatable bonds is 7. The van der Waals surface area contributed by atoms with Crippen molar-refractivity contribution >= 4 is 21.8 Å². The number of para-hydroxylation sites is 1. The Labute approximate surface area is 172 Å². The van der Waals surface area contributed by atoms with Gasteiger partial charge in [0.1, 0.15) is 0 Å². The van der Waals surface area contributed by atoms with Crippen molar-refractivity contribution in [3.63, 3.8) is 0 Å². The molecule has 0 fully saturated rings. The molecule has 4 aromatic rings. The van der Waals surface area contributed by atoms with Crippen LogP contribution >= 0.6 is 0 Å². The lowest BCUT2D eigenvalue weighted by molar-refractivity contribution is -0.139. The van der Waals surface area contributed by atoms with Crippen LogP contribution in [0.3, 0.4) is 0 Å². The van der Waals surface area contributed by atoms with Gasteiger partial charge in [0.25, 0.3) is 0 Å². The van der Waals surface area contributed by atoms with E-state index in [4.69, 9.17) is 9.47 Å². The molecule has 29 heavy (non-hydrogen) atoms. The van der Waals surface area contributed by atoms with Crippen molar-refractivity contribution in [1.82, 2.24) is 9.97 Å². The summed E-state index contributed by atoms with van der Waals surface area (Å²) < 4.78 is 11.1. The molecule has 0 aliphatic carbocycles. The Morgan fingerprint density at radius 1 is 0.724 bits per heavy atom. The van der Waals surface area contributed by atoms with Gasteiger partial charge >= 0.3 is 0 Å². The SMILES string of the molecule is CCOC(CCc1ccc2ncccc2c1)OCC.c1ccc2ncccc2c1. The molecule has 0 aliphatic rings. The molecule has 0 N–H and O–H groups in total. The number of aryl methyl sites for hydroxylation is 1. The Morgan fingerprint density at radius 2 is 1.34 bits per heavy atom. The standard InChI is InChI=1S/C16H21NO2.C9H7N/c1-3-18-16(19-4-2)10-8-13-7-9-15-14(12-13)6-5-11-17-15;1-2-6-9-8(4-1)5-3-7-10-9/h5-7,9,11-12,16H,3-4,8,10H2,1-2H3;1-7H. The van der Waals surface area contributed by atoms with Gasteiger partial charge in [-0.05, 0) is 56.2 Å². The lowest BCUT2D eigenvalue weighted by Gasteiger charge is -2.16. The lowest BCUT2D eigenvalue weighted by Crippen LogP contribution is -2.18. The Hall–Kier alpha value is -2.82. The largest absolute Gasteiger partial charge is 0.353 e. The molecule has 0 aliphatic heterocycles. The topological polar surface area (TPSA) is 44.2 Å². The lowest BCUT2D eigenvalue weighted by atomic mass is 10.1. The van der Waals surface area contributed by atoms with E-state index in [1.54, 1.807) is 0 Å². The van der Waals surface area contributed by atoms with Gasteiger partial charge in [-0.15, -0.1) is 0 Å². The maximum Gasteiger partial charge on any atom is 0.157 e. The third-order valence-electron chi connectivity index (χ3n) is 4.55. The predicted octanol–water partition coefficient (Wildman–Crippen LogP) is 5.80. The van der Waals surface area contributed by atoms with Crippen molar-refractivity contribution in [2.45, 2.75) is 33.0 Å². The van der Waals surface area contributed by atoms with Crippen LogP contribution in [0.4, 0.5) is 0 Å². The molecular weight excluding hydrogens is 360 g/mol. The normalized spacial score (nSPS) is 10.9. The van der Waals surface area contributed by atoms with Crippen molar-refractivity contribution in [1.29, 1.82) is 0 Å². The average Bonchev–Trinajstić information content (AvgIpc) is 2.78. The fourth-order valence-electron chi connectivity index (χ4n) is 3.17. The van der Waals surface area contributed by atoms with Crippen LogP contribution in [0.1, 0.15) is 25.8 Å².